The number of carbonyl (C=O) groups is 1. The summed E-state index contributed by atoms with van der Waals surface area (Å²) in [6, 6.07) is 0. The lowest BCUT2D eigenvalue weighted by atomic mass is 10.1. The van der Waals surface area contributed by atoms with E-state index in [0.717, 1.165) is 6.42 Å². The molecule has 2 aliphatic rings. The van der Waals surface area contributed by atoms with E-state index in [1.165, 1.54) is 6.92 Å². The molecule has 0 aromatic heterocycles. The van der Waals surface area contributed by atoms with E-state index in [4.69, 9.17) is 14.2 Å². The Morgan fingerprint density at radius 3 is 2.62 bits per heavy atom. The molecule has 4 heteroatoms. The molecule has 0 aromatic carbocycles. The Hall–Kier alpha value is -0.870. The van der Waals surface area contributed by atoms with Crippen molar-refractivity contribution in [2.75, 3.05) is 0 Å². The largest absolute Gasteiger partial charge is 0.460 e. The minimum atomic E-state index is -0.602. The molecule has 0 aromatic rings. The number of esters is 1. The lowest BCUT2D eigenvalue weighted by Gasteiger charge is -2.22. The van der Waals surface area contributed by atoms with E-state index >= 15 is 0 Å². The molecule has 0 N–H and O–H groups in total. The summed E-state index contributed by atoms with van der Waals surface area (Å²) in [5, 5.41) is 0. The molecule has 0 spiro atoms. The van der Waals surface area contributed by atoms with Crippen LogP contribution in [-0.4, -0.2) is 30.1 Å². The number of ether oxygens (including phenoxy) is 3. The number of carbonyl (C=O) groups excluding carboxylic acids is 1. The first-order valence-corrected chi connectivity index (χ1v) is 5.58. The van der Waals surface area contributed by atoms with Gasteiger partial charge >= 0.3 is 5.97 Å². The van der Waals surface area contributed by atoms with Crippen LogP contribution in [0.1, 0.15) is 27.2 Å². The van der Waals surface area contributed by atoms with Crippen LogP contribution in [0.3, 0.4) is 0 Å². The molecule has 1 aliphatic heterocycles. The summed E-state index contributed by atoms with van der Waals surface area (Å²) in [6.07, 6.45) is 2.16. The predicted octanol–water partition coefficient (Wildman–Crippen LogP) is 1.64. The molecule has 16 heavy (non-hydrogen) atoms. The third kappa shape index (κ3) is 1.99. The molecule has 0 radical (unpaired) electrons. The highest BCUT2D eigenvalue weighted by Crippen LogP contribution is 2.43. The zero-order valence-corrected chi connectivity index (χ0v) is 9.93. The lowest BCUT2D eigenvalue weighted by Crippen LogP contribution is -2.31. The second-order valence-electron chi connectivity index (χ2n) is 4.85. The molecular formula is C12H18O4. The van der Waals surface area contributed by atoms with Crippen molar-refractivity contribution in [3.63, 3.8) is 0 Å². The van der Waals surface area contributed by atoms with Crippen molar-refractivity contribution in [3.05, 3.63) is 12.7 Å². The Kier molecular flexibility index (Phi) is 2.80. The van der Waals surface area contributed by atoms with Gasteiger partial charge in [-0.05, 0) is 20.3 Å². The maximum Gasteiger partial charge on any atom is 0.302 e. The molecule has 0 bridgehead atoms. The van der Waals surface area contributed by atoms with E-state index in [1.54, 1.807) is 0 Å². The summed E-state index contributed by atoms with van der Waals surface area (Å²) in [6.45, 7) is 8.94. The summed E-state index contributed by atoms with van der Waals surface area (Å²) in [4.78, 5) is 11.0. The van der Waals surface area contributed by atoms with Crippen LogP contribution in [0.25, 0.3) is 0 Å². The van der Waals surface area contributed by atoms with Crippen molar-refractivity contribution in [2.45, 2.75) is 51.3 Å². The van der Waals surface area contributed by atoms with Crippen molar-refractivity contribution in [1.29, 1.82) is 0 Å². The average molecular weight is 226 g/mol. The third-order valence-corrected chi connectivity index (χ3v) is 3.08. The smallest absolute Gasteiger partial charge is 0.302 e. The average Bonchev–Trinajstić information content (AvgIpc) is 2.60. The Morgan fingerprint density at radius 2 is 2.06 bits per heavy atom. The van der Waals surface area contributed by atoms with E-state index in [1.807, 2.05) is 19.9 Å². The molecule has 2 fully saturated rings. The maximum absolute atomic E-state index is 11.0. The zero-order valence-electron chi connectivity index (χ0n) is 9.93. The lowest BCUT2D eigenvalue weighted by molar-refractivity contribution is -0.176. The van der Waals surface area contributed by atoms with Gasteiger partial charge in [0.1, 0.15) is 12.2 Å². The standard InChI is InChI=1S/C12H18O4/c1-5-8-6-9(14-7(2)13)11-10(8)15-12(3,4)16-11/h5,8-11H,1,6H2,2-4H3/t8-,9+,10-,11+/m0/s1. The number of rotatable bonds is 2. The van der Waals surface area contributed by atoms with Crippen molar-refractivity contribution in [2.24, 2.45) is 5.92 Å². The van der Waals surface area contributed by atoms with Gasteiger partial charge < -0.3 is 14.2 Å². The second-order valence-corrected chi connectivity index (χ2v) is 4.85. The third-order valence-electron chi connectivity index (χ3n) is 3.08. The molecule has 90 valence electrons. The SMILES string of the molecule is C=C[C@H]1C[C@@H](OC(C)=O)[C@H]2OC(C)(C)O[C@H]21. The molecular weight excluding hydrogens is 208 g/mol. The van der Waals surface area contributed by atoms with E-state index in [2.05, 4.69) is 6.58 Å². The van der Waals surface area contributed by atoms with E-state index in [0.29, 0.717) is 0 Å². The minimum Gasteiger partial charge on any atom is -0.460 e. The normalized spacial score (nSPS) is 40.4. The molecule has 0 unspecified atom stereocenters. The molecule has 2 rings (SSSR count). The number of fused-ring (bicyclic) bond motifs is 1. The van der Waals surface area contributed by atoms with Crippen LogP contribution in [0.15, 0.2) is 12.7 Å². The summed E-state index contributed by atoms with van der Waals surface area (Å²) in [5.74, 6) is -0.687. The molecule has 4 atom stereocenters. The molecule has 1 saturated carbocycles. The summed E-state index contributed by atoms with van der Waals surface area (Å²) in [5.41, 5.74) is 0. The molecule has 0 amide bonds. The molecule has 1 saturated heterocycles. The van der Waals surface area contributed by atoms with Crippen molar-refractivity contribution >= 4 is 5.97 Å². The van der Waals surface area contributed by atoms with E-state index < -0.39 is 5.79 Å². The Bertz CT molecular complexity index is 310. The highest BCUT2D eigenvalue weighted by molar-refractivity contribution is 5.66. The first kappa shape index (κ1) is 11.6. The van der Waals surface area contributed by atoms with Gasteiger partial charge in [0.2, 0.25) is 0 Å². The fraction of sp³-hybridized carbons (Fsp3) is 0.750. The van der Waals surface area contributed by atoms with Crippen LogP contribution < -0.4 is 0 Å². The van der Waals surface area contributed by atoms with Crippen molar-refractivity contribution in [3.8, 4) is 0 Å². The first-order chi connectivity index (χ1) is 7.43. The van der Waals surface area contributed by atoms with Gasteiger partial charge in [0.15, 0.2) is 5.79 Å². The Morgan fingerprint density at radius 1 is 1.44 bits per heavy atom. The van der Waals surface area contributed by atoms with Crippen LogP contribution in [0.2, 0.25) is 0 Å². The van der Waals surface area contributed by atoms with Crippen LogP contribution in [0, 0.1) is 5.92 Å². The monoisotopic (exact) mass is 226 g/mol. The summed E-state index contributed by atoms with van der Waals surface area (Å²) >= 11 is 0. The van der Waals surface area contributed by atoms with E-state index in [-0.39, 0.29) is 30.2 Å². The van der Waals surface area contributed by atoms with Crippen LogP contribution in [0.4, 0.5) is 0 Å². The quantitative estimate of drug-likeness (QED) is 0.530. The maximum atomic E-state index is 11.0. The van der Waals surface area contributed by atoms with Gasteiger partial charge in [-0.15, -0.1) is 6.58 Å². The minimum absolute atomic E-state index is 0.0446. The van der Waals surface area contributed by atoms with Gasteiger partial charge in [-0.1, -0.05) is 6.08 Å². The number of hydrogen-bond donors (Lipinski definition) is 0. The molecule has 4 nitrogen and oxygen atoms in total. The summed E-state index contributed by atoms with van der Waals surface area (Å²) < 4.78 is 16.8. The predicted molar refractivity (Wildman–Crippen MR) is 57.7 cm³/mol. The highest BCUT2D eigenvalue weighted by Gasteiger charge is 2.54. The highest BCUT2D eigenvalue weighted by atomic mass is 16.8. The van der Waals surface area contributed by atoms with Crippen LogP contribution >= 0.6 is 0 Å². The zero-order chi connectivity index (χ0) is 11.9. The molecule has 1 heterocycles. The van der Waals surface area contributed by atoms with Crippen LogP contribution in [-0.2, 0) is 19.0 Å². The van der Waals surface area contributed by atoms with E-state index in [9.17, 15) is 4.79 Å². The van der Waals surface area contributed by atoms with Crippen molar-refractivity contribution in [1.82, 2.24) is 0 Å². The van der Waals surface area contributed by atoms with Gasteiger partial charge in [0, 0.05) is 12.8 Å². The summed E-state index contributed by atoms with van der Waals surface area (Å²) in [7, 11) is 0. The first-order valence-electron chi connectivity index (χ1n) is 5.58. The Labute approximate surface area is 95.6 Å². The fourth-order valence-corrected chi connectivity index (χ4v) is 2.53. The second kappa shape index (κ2) is 3.86. The number of hydrogen-bond acceptors (Lipinski definition) is 4. The van der Waals surface area contributed by atoms with Gasteiger partial charge in [0.05, 0.1) is 6.10 Å². The van der Waals surface area contributed by atoms with Gasteiger partial charge in [-0.25, -0.2) is 0 Å². The van der Waals surface area contributed by atoms with Gasteiger partial charge in [-0.2, -0.15) is 0 Å². The topological polar surface area (TPSA) is 44.8 Å². The Balaban J connectivity index is 2.13. The van der Waals surface area contributed by atoms with Crippen molar-refractivity contribution < 1.29 is 19.0 Å². The fourth-order valence-electron chi connectivity index (χ4n) is 2.53. The van der Waals surface area contributed by atoms with Gasteiger partial charge in [0.25, 0.3) is 0 Å². The van der Waals surface area contributed by atoms with Crippen LogP contribution in [0.5, 0.6) is 0 Å². The van der Waals surface area contributed by atoms with Gasteiger partial charge in [-0.3, -0.25) is 4.79 Å². The molecule has 1 aliphatic carbocycles.